The van der Waals surface area contributed by atoms with Crippen molar-refractivity contribution in [1.29, 1.82) is 0 Å². The van der Waals surface area contributed by atoms with Gasteiger partial charge in [0.15, 0.2) is 0 Å². The van der Waals surface area contributed by atoms with Gasteiger partial charge in [0.2, 0.25) is 0 Å². The van der Waals surface area contributed by atoms with Crippen molar-refractivity contribution in [1.82, 2.24) is 4.98 Å². The van der Waals surface area contributed by atoms with E-state index >= 15 is 0 Å². The van der Waals surface area contributed by atoms with Crippen LogP contribution in [0.15, 0.2) is 48.7 Å². The summed E-state index contributed by atoms with van der Waals surface area (Å²) in [6.45, 7) is 0. The van der Waals surface area contributed by atoms with E-state index in [0.29, 0.717) is 5.02 Å². The summed E-state index contributed by atoms with van der Waals surface area (Å²) in [6.07, 6.45) is 1.76. The maximum absolute atomic E-state index is 9.52. The van der Waals surface area contributed by atoms with Gasteiger partial charge in [0.25, 0.3) is 0 Å². The molecule has 0 unspecified atom stereocenters. The van der Waals surface area contributed by atoms with Crippen LogP contribution in [0.4, 0.5) is 0 Å². The molecule has 0 amide bonds. The molecule has 0 saturated heterocycles. The summed E-state index contributed by atoms with van der Waals surface area (Å²) < 4.78 is 0. The van der Waals surface area contributed by atoms with Crippen molar-refractivity contribution in [2.24, 2.45) is 0 Å². The third-order valence-electron chi connectivity index (χ3n) is 2.95. The molecule has 0 aliphatic rings. The van der Waals surface area contributed by atoms with Gasteiger partial charge in [0, 0.05) is 23.2 Å². The lowest BCUT2D eigenvalue weighted by molar-refractivity contribution is 0.475. The summed E-state index contributed by atoms with van der Waals surface area (Å²) in [5.41, 5.74) is 2.65. The van der Waals surface area contributed by atoms with Crippen molar-refractivity contribution in [3.8, 4) is 16.9 Å². The van der Waals surface area contributed by atoms with Crippen molar-refractivity contribution < 1.29 is 5.11 Å². The zero-order chi connectivity index (χ0) is 13.4. The zero-order valence-electron chi connectivity index (χ0n) is 9.77. The summed E-state index contributed by atoms with van der Waals surface area (Å²) in [5.74, 6) is -0.0159. The van der Waals surface area contributed by atoms with E-state index < -0.39 is 0 Å². The number of pyridine rings is 1. The van der Waals surface area contributed by atoms with E-state index in [1.807, 2.05) is 30.3 Å². The number of rotatable bonds is 1. The minimum atomic E-state index is -0.0159. The molecule has 0 saturated carbocycles. The molecule has 4 heteroatoms. The molecule has 19 heavy (non-hydrogen) atoms. The molecule has 94 valence electrons. The Labute approximate surface area is 120 Å². The smallest absolute Gasteiger partial charge is 0.135 e. The van der Waals surface area contributed by atoms with Crippen LogP contribution in [0.2, 0.25) is 10.0 Å². The third kappa shape index (κ3) is 2.25. The maximum Gasteiger partial charge on any atom is 0.135 e. The average Bonchev–Trinajstić information content (AvgIpc) is 2.42. The molecule has 1 heterocycles. The standard InChI is InChI=1S/C15H9Cl2NO/c16-12-8-15(19)13(17)7-11(12)9-3-4-14-10(6-9)2-1-5-18-14/h1-8,19H. The van der Waals surface area contributed by atoms with E-state index in [0.717, 1.165) is 22.0 Å². The molecular weight excluding hydrogens is 281 g/mol. The van der Waals surface area contributed by atoms with E-state index in [-0.39, 0.29) is 10.8 Å². The zero-order valence-corrected chi connectivity index (χ0v) is 11.3. The van der Waals surface area contributed by atoms with Crippen LogP contribution in [0.3, 0.4) is 0 Å². The Morgan fingerprint density at radius 3 is 2.63 bits per heavy atom. The van der Waals surface area contributed by atoms with Crippen molar-refractivity contribution in [3.05, 3.63) is 58.7 Å². The van der Waals surface area contributed by atoms with Gasteiger partial charge < -0.3 is 5.11 Å². The second-order valence-corrected chi connectivity index (χ2v) is 5.01. The van der Waals surface area contributed by atoms with Crippen molar-refractivity contribution in [2.75, 3.05) is 0 Å². The van der Waals surface area contributed by atoms with Gasteiger partial charge in [-0.25, -0.2) is 0 Å². The summed E-state index contributed by atoms with van der Waals surface area (Å²) in [6, 6.07) is 12.9. The van der Waals surface area contributed by atoms with Crippen LogP contribution >= 0.6 is 23.2 Å². The fraction of sp³-hybridized carbons (Fsp3) is 0. The molecule has 2 aromatic carbocycles. The average molecular weight is 290 g/mol. The number of nitrogens with zero attached hydrogens (tertiary/aromatic N) is 1. The van der Waals surface area contributed by atoms with E-state index in [9.17, 15) is 5.11 Å². The molecule has 0 atom stereocenters. The summed E-state index contributed by atoms with van der Waals surface area (Å²) in [5, 5.41) is 11.3. The highest BCUT2D eigenvalue weighted by molar-refractivity contribution is 6.36. The van der Waals surface area contributed by atoms with Gasteiger partial charge in [0.05, 0.1) is 15.6 Å². The second-order valence-electron chi connectivity index (χ2n) is 4.19. The largest absolute Gasteiger partial charge is 0.506 e. The van der Waals surface area contributed by atoms with Crippen LogP contribution in [-0.4, -0.2) is 10.1 Å². The van der Waals surface area contributed by atoms with Crippen LogP contribution < -0.4 is 0 Å². The SMILES string of the molecule is Oc1cc(Cl)c(-c2ccc3ncccc3c2)cc1Cl. The van der Waals surface area contributed by atoms with Crippen LogP contribution in [-0.2, 0) is 0 Å². The second kappa shape index (κ2) is 4.72. The van der Waals surface area contributed by atoms with Gasteiger partial charge in [-0.15, -0.1) is 0 Å². The van der Waals surface area contributed by atoms with E-state index in [1.54, 1.807) is 12.3 Å². The number of hydrogen-bond acceptors (Lipinski definition) is 2. The van der Waals surface area contributed by atoms with Gasteiger partial charge >= 0.3 is 0 Å². The Morgan fingerprint density at radius 1 is 0.947 bits per heavy atom. The molecule has 1 N–H and O–H groups in total. The lowest BCUT2D eigenvalue weighted by Crippen LogP contribution is -1.83. The molecule has 0 aliphatic heterocycles. The predicted molar refractivity (Wildman–Crippen MR) is 78.9 cm³/mol. The minimum absolute atomic E-state index is 0.0159. The number of halogens is 2. The topological polar surface area (TPSA) is 33.1 Å². The Balaban J connectivity index is 2.21. The van der Waals surface area contributed by atoms with E-state index in [2.05, 4.69) is 4.98 Å². The normalized spacial score (nSPS) is 10.8. The molecule has 3 aromatic rings. The molecule has 3 rings (SSSR count). The van der Waals surface area contributed by atoms with Crippen LogP contribution in [0.5, 0.6) is 5.75 Å². The Kier molecular flexibility index (Phi) is 3.05. The van der Waals surface area contributed by atoms with Gasteiger partial charge in [-0.1, -0.05) is 35.3 Å². The molecule has 0 bridgehead atoms. The number of hydrogen-bond donors (Lipinski definition) is 1. The van der Waals surface area contributed by atoms with Gasteiger partial charge in [0.1, 0.15) is 5.75 Å². The number of aromatic hydroxyl groups is 1. The number of benzene rings is 2. The van der Waals surface area contributed by atoms with Gasteiger partial charge in [-0.2, -0.15) is 0 Å². The Hall–Kier alpha value is -1.77. The Bertz CT molecular complexity index is 771. The maximum atomic E-state index is 9.52. The Morgan fingerprint density at radius 2 is 1.79 bits per heavy atom. The van der Waals surface area contributed by atoms with Crippen molar-refractivity contribution in [2.45, 2.75) is 0 Å². The first-order valence-electron chi connectivity index (χ1n) is 5.68. The first kappa shape index (κ1) is 12.3. The minimum Gasteiger partial charge on any atom is -0.506 e. The lowest BCUT2D eigenvalue weighted by Gasteiger charge is -2.08. The van der Waals surface area contributed by atoms with Gasteiger partial charge in [-0.05, 0) is 29.8 Å². The number of aromatic nitrogens is 1. The van der Waals surface area contributed by atoms with Crippen LogP contribution in [0, 0.1) is 0 Å². The first-order chi connectivity index (χ1) is 9.15. The summed E-state index contributed by atoms with van der Waals surface area (Å²) in [7, 11) is 0. The number of phenols is 1. The number of phenolic OH excluding ortho intramolecular Hbond substituents is 1. The lowest BCUT2D eigenvalue weighted by atomic mass is 10.0. The summed E-state index contributed by atoms with van der Waals surface area (Å²) >= 11 is 12.1. The quantitative estimate of drug-likeness (QED) is 0.690. The monoisotopic (exact) mass is 289 g/mol. The first-order valence-corrected chi connectivity index (χ1v) is 6.44. The highest BCUT2D eigenvalue weighted by Crippen LogP contribution is 2.36. The summed E-state index contributed by atoms with van der Waals surface area (Å²) in [4.78, 5) is 4.27. The van der Waals surface area contributed by atoms with Crippen molar-refractivity contribution >= 4 is 34.1 Å². The molecule has 2 nitrogen and oxygen atoms in total. The van der Waals surface area contributed by atoms with Crippen LogP contribution in [0.1, 0.15) is 0 Å². The molecule has 0 aliphatic carbocycles. The molecule has 0 spiro atoms. The predicted octanol–water partition coefficient (Wildman–Crippen LogP) is 4.91. The van der Waals surface area contributed by atoms with E-state index in [1.165, 1.54) is 6.07 Å². The van der Waals surface area contributed by atoms with Gasteiger partial charge in [-0.3, -0.25) is 4.98 Å². The molecular formula is C15H9Cl2NO. The van der Waals surface area contributed by atoms with Crippen LogP contribution in [0.25, 0.3) is 22.0 Å². The molecule has 1 aromatic heterocycles. The molecule has 0 fully saturated rings. The fourth-order valence-electron chi connectivity index (χ4n) is 2.00. The highest BCUT2D eigenvalue weighted by atomic mass is 35.5. The highest BCUT2D eigenvalue weighted by Gasteiger charge is 2.09. The fourth-order valence-corrected chi connectivity index (χ4v) is 2.43. The number of fused-ring (bicyclic) bond motifs is 1. The third-order valence-corrected chi connectivity index (χ3v) is 3.57. The van der Waals surface area contributed by atoms with Crippen molar-refractivity contribution in [3.63, 3.8) is 0 Å². The molecule has 0 radical (unpaired) electrons. The van der Waals surface area contributed by atoms with E-state index in [4.69, 9.17) is 23.2 Å².